The maximum atomic E-state index is 5.61. The molecule has 0 N–H and O–H groups in total. The molecule has 108 valence electrons. The maximum Gasteiger partial charge on any atom is 0.161 e. The molecule has 4 heteroatoms. The van der Waals surface area contributed by atoms with E-state index in [4.69, 9.17) is 14.2 Å². The van der Waals surface area contributed by atoms with Gasteiger partial charge < -0.3 is 19.1 Å². The van der Waals surface area contributed by atoms with Crippen molar-refractivity contribution in [1.82, 2.24) is 4.90 Å². The molecule has 19 heavy (non-hydrogen) atoms. The first kappa shape index (κ1) is 15.8. The number of benzene rings is 1. The summed E-state index contributed by atoms with van der Waals surface area (Å²) in [5, 5.41) is 0. The Morgan fingerprint density at radius 1 is 1.05 bits per heavy atom. The van der Waals surface area contributed by atoms with Gasteiger partial charge in [0.05, 0.1) is 13.7 Å². The molecule has 0 saturated heterocycles. The molecule has 0 heterocycles. The van der Waals surface area contributed by atoms with E-state index < -0.39 is 0 Å². The molecule has 1 rings (SSSR count). The Morgan fingerprint density at radius 3 is 2.47 bits per heavy atom. The van der Waals surface area contributed by atoms with Gasteiger partial charge >= 0.3 is 0 Å². The minimum absolute atomic E-state index is 0.535. The van der Waals surface area contributed by atoms with Crippen molar-refractivity contribution in [3.63, 3.8) is 0 Å². The van der Waals surface area contributed by atoms with E-state index in [0.717, 1.165) is 30.9 Å². The van der Waals surface area contributed by atoms with Gasteiger partial charge in [0, 0.05) is 7.11 Å². The second-order valence-corrected chi connectivity index (χ2v) is 4.73. The van der Waals surface area contributed by atoms with Crippen molar-refractivity contribution >= 4 is 0 Å². The van der Waals surface area contributed by atoms with Crippen LogP contribution >= 0.6 is 0 Å². The molecule has 1 aromatic carbocycles. The summed E-state index contributed by atoms with van der Waals surface area (Å²) in [6, 6.07) is 6.12. The van der Waals surface area contributed by atoms with E-state index in [1.807, 2.05) is 6.07 Å². The molecular formula is C15H25NO3. The van der Waals surface area contributed by atoms with Crippen molar-refractivity contribution in [1.29, 1.82) is 0 Å². The number of methoxy groups -OCH3 is 2. The number of hydrogen-bond acceptors (Lipinski definition) is 4. The van der Waals surface area contributed by atoms with Gasteiger partial charge in [-0.1, -0.05) is 6.07 Å². The topological polar surface area (TPSA) is 30.9 Å². The third-order valence-corrected chi connectivity index (χ3v) is 2.84. The van der Waals surface area contributed by atoms with Gasteiger partial charge in [0.1, 0.15) is 6.61 Å². The van der Waals surface area contributed by atoms with Crippen LogP contribution in [0, 0.1) is 0 Å². The third-order valence-electron chi connectivity index (χ3n) is 2.84. The van der Waals surface area contributed by atoms with Crippen molar-refractivity contribution in [2.45, 2.75) is 12.8 Å². The first-order chi connectivity index (χ1) is 9.17. The van der Waals surface area contributed by atoms with Gasteiger partial charge in [-0.3, -0.25) is 0 Å². The van der Waals surface area contributed by atoms with E-state index in [-0.39, 0.29) is 0 Å². The van der Waals surface area contributed by atoms with Gasteiger partial charge in [-0.05, 0) is 51.2 Å². The molecule has 0 spiro atoms. The summed E-state index contributed by atoms with van der Waals surface area (Å²) >= 11 is 0. The summed E-state index contributed by atoms with van der Waals surface area (Å²) in [5.74, 6) is 1.56. The zero-order chi connectivity index (χ0) is 14.1. The minimum Gasteiger partial charge on any atom is -0.493 e. The van der Waals surface area contributed by atoms with Crippen LogP contribution in [0.4, 0.5) is 0 Å². The molecule has 0 atom stereocenters. The minimum atomic E-state index is 0.535. The largest absolute Gasteiger partial charge is 0.493 e. The van der Waals surface area contributed by atoms with Crippen LogP contribution in [-0.2, 0) is 11.2 Å². The lowest BCUT2D eigenvalue weighted by Gasteiger charge is -2.13. The first-order valence-electron chi connectivity index (χ1n) is 6.60. The van der Waals surface area contributed by atoms with Crippen LogP contribution in [0.25, 0.3) is 0 Å². The number of rotatable bonds is 9. The summed E-state index contributed by atoms with van der Waals surface area (Å²) in [6.07, 6.45) is 2.19. The molecular weight excluding hydrogens is 242 g/mol. The number of hydrogen-bond donors (Lipinski definition) is 0. The Bertz CT molecular complexity index is 366. The highest BCUT2D eigenvalue weighted by molar-refractivity contribution is 5.43. The number of ether oxygens (including phenoxy) is 3. The molecule has 4 nitrogen and oxygen atoms in total. The Hall–Kier alpha value is -1.26. The van der Waals surface area contributed by atoms with E-state index in [2.05, 4.69) is 31.1 Å². The first-order valence-corrected chi connectivity index (χ1v) is 6.60. The number of nitrogens with zero attached hydrogens (tertiary/aromatic N) is 1. The Kier molecular flexibility index (Phi) is 7.30. The van der Waals surface area contributed by atoms with Crippen LogP contribution in [-0.4, -0.2) is 53.0 Å². The van der Waals surface area contributed by atoms with Crippen LogP contribution < -0.4 is 9.47 Å². The highest BCUT2D eigenvalue weighted by Gasteiger charge is 2.06. The van der Waals surface area contributed by atoms with E-state index in [9.17, 15) is 0 Å². The lowest BCUT2D eigenvalue weighted by atomic mass is 10.1. The maximum absolute atomic E-state index is 5.61. The quantitative estimate of drug-likeness (QED) is 0.642. The molecule has 0 radical (unpaired) electrons. The second kappa shape index (κ2) is 8.77. The molecule has 0 unspecified atom stereocenters. The monoisotopic (exact) mass is 267 g/mol. The summed E-state index contributed by atoms with van der Waals surface area (Å²) in [4.78, 5) is 2.19. The SMILES string of the molecule is COCCOc1ccc(CCCN(C)C)cc1OC. The smallest absolute Gasteiger partial charge is 0.161 e. The van der Waals surface area contributed by atoms with Crippen LogP contribution in [0.3, 0.4) is 0 Å². The Morgan fingerprint density at radius 2 is 1.84 bits per heavy atom. The summed E-state index contributed by atoms with van der Waals surface area (Å²) in [5.41, 5.74) is 1.28. The van der Waals surface area contributed by atoms with Gasteiger partial charge in [0.15, 0.2) is 11.5 Å². The average molecular weight is 267 g/mol. The van der Waals surface area contributed by atoms with Crippen molar-refractivity contribution in [3.05, 3.63) is 23.8 Å². The highest BCUT2D eigenvalue weighted by atomic mass is 16.5. The van der Waals surface area contributed by atoms with Crippen LogP contribution in [0.2, 0.25) is 0 Å². The fourth-order valence-corrected chi connectivity index (χ4v) is 1.82. The van der Waals surface area contributed by atoms with Gasteiger partial charge in [0.25, 0.3) is 0 Å². The lowest BCUT2D eigenvalue weighted by molar-refractivity contribution is 0.144. The van der Waals surface area contributed by atoms with Crippen LogP contribution in [0.1, 0.15) is 12.0 Å². The predicted molar refractivity (Wildman–Crippen MR) is 77.2 cm³/mol. The van der Waals surface area contributed by atoms with Crippen molar-refractivity contribution in [2.24, 2.45) is 0 Å². The Labute approximate surface area is 116 Å². The average Bonchev–Trinajstić information content (AvgIpc) is 2.39. The van der Waals surface area contributed by atoms with E-state index in [1.54, 1.807) is 14.2 Å². The van der Waals surface area contributed by atoms with E-state index in [0.29, 0.717) is 13.2 Å². The fraction of sp³-hybridized carbons (Fsp3) is 0.600. The fourth-order valence-electron chi connectivity index (χ4n) is 1.82. The molecule has 0 bridgehead atoms. The normalized spacial score (nSPS) is 10.8. The number of aryl methyl sites for hydroxylation is 1. The molecule has 0 aliphatic heterocycles. The van der Waals surface area contributed by atoms with Gasteiger partial charge in [-0.15, -0.1) is 0 Å². The predicted octanol–water partition coefficient (Wildman–Crippen LogP) is 2.21. The van der Waals surface area contributed by atoms with Crippen LogP contribution in [0.15, 0.2) is 18.2 Å². The molecule has 0 aliphatic rings. The zero-order valence-corrected chi connectivity index (χ0v) is 12.4. The van der Waals surface area contributed by atoms with Crippen LogP contribution in [0.5, 0.6) is 11.5 Å². The third kappa shape index (κ3) is 5.94. The van der Waals surface area contributed by atoms with Crippen molar-refractivity contribution in [3.8, 4) is 11.5 Å². The van der Waals surface area contributed by atoms with E-state index in [1.165, 1.54) is 5.56 Å². The zero-order valence-electron chi connectivity index (χ0n) is 12.4. The Balaban J connectivity index is 2.56. The summed E-state index contributed by atoms with van der Waals surface area (Å²) < 4.78 is 15.9. The standard InChI is InChI=1S/C15H25NO3/c1-16(2)9-5-6-13-7-8-14(15(12-13)18-4)19-11-10-17-3/h7-8,12H,5-6,9-11H2,1-4H3. The van der Waals surface area contributed by atoms with Gasteiger partial charge in [-0.2, -0.15) is 0 Å². The summed E-state index contributed by atoms with van der Waals surface area (Å²) in [6.45, 7) is 2.20. The van der Waals surface area contributed by atoms with E-state index >= 15 is 0 Å². The van der Waals surface area contributed by atoms with Gasteiger partial charge in [0.2, 0.25) is 0 Å². The molecule has 0 aromatic heterocycles. The second-order valence-electron chi connectivity index (χ2n) is 4.73. The molecule has 0 amide bonds. The molecule has 1 aromatic rings. The van der Waals surface area contributed by atoms with Crippen molar-refractivity contribution in [2.75, 3.05) is 48.1 Å². The van der Waals surface area contributed by atoms with Gasteiger partial charge in [-0.25, -0.2) is 0 Å². The molecule has 0 fully saturated rings. The molecule has 0 aliphatic carbocycles. The summed E-state index contributed by atoms with van der Waals surface area (Å²) in [7, 11) is 7.51. The van der Waals surface area contributed by atoms with Crippen molar-refractivity contribution < 1.29 is 14.2 Å². The lowest BCUT2D eigenvalue weighted by Crippen LogP contribution is -2.13. The highest BCUT2D eigenvalue weighted by Crippen LogP contribution is 2.28. The molecule has 0 saturated carbocycles.